The molecule has 0 aromatic carbocycles. The Balaban J connectivity index is 0. The van der Waals surface area contributed by atoms with Crippen LogP contribution in [-0.2, 0) is 4.65 Å². The molecule has 0 radical (unpaired) electrons. The molecule has 0 spiro atoms. The third kappa shape index (κ3) is 9.29. The summed E-state index contributed by atoms with van der Waals surface area (Å²) < 4.78 is 4.05. The first-order valence-corrected chi connectivity index (χ1v) is 1.86. The third-order valence-electron chi connectivity index (χ3n) is 0.358. The summed E-state index contributed by atoms with van der Waals surface area (Å²) in [6, 6.07) is 0. The van der Waals surface area contributed by atoms with Crippen molar-refractivity contribution in [1.29, 1.82) is 0 Å². The Labute approximate surface area is 47.7 Å². The van der Waals surface area contributed by atoms with Crippen LogP contribution in [0, 0.1) is 0 Å². The molecule has 0 aliphatic heterocycles. The molecule has 50 valence electrons. The smallest absolute Gasteiger partial charge is 0.402 e. The van der Waals surface area contributed by atoms with Crippen molar-refractivity contribution in [2.75, 3.05) is 13.2 Å². The molecule has 6 N–H and O–H groups in total. The Kier molecular flexibility index (Phi) is 9.25. The van der Waals surface area contributed by atoms with E-state index in [9.17, 15) is 0 Å². The molecule has 0 heterocycles. The number of hydrogen-bond donors (Lipinski definition) is 4. The van der Waals surface area contributed by atoms with Crippen LogP contribution < -0.4 is 6.15 Å². The fourth-order valence-electron chi connectivity index (χ4n) is 0.158. The van der Waals surface area contributed by atoms with Gasteiger partial charge in [0.05, 0.1) is 13.2 Å². The SMILES string of the molecule is N.OCCOB(O)O. The lowest BCUT2D eigenvalue weighted by Crippen LogP contribution is -2.18. The van der Waals surface area contributed by atoms with Crippen molar-refractivity contribution in [2.24, 2.45) is 0 Å². The number of aliphatic hydroxyl groups is 1. The van der Waals surface area contributed by atoms with Crippen molar-refractivity contribution in [3.63, 3.8) is 0 Å². The second-order valence-electron chi connectivity index (χ2n) is 0.921. The van der Waals surface area contributed by atoms with E-state index in [1.165, 1.54) is 0 Å². The molecule has 0 bridgehead atoms. The third-order valence-corrected chi connectivity index (χ3v) is 0.358. The molecule has 0 aromatic heterocycles. The number of aliphatic hydroxyl groups excluding tert-OH is 1. The average molecular weight is 123 g/mol. The Morgan fingerprint density at radius 1 is 1.38 bits per heavy atom. The van der Waals surface area contributed by atoms with Crippen molar-refractivity contribution < 1.29 is 19.8 Å². The van der Waals surface area contributed by atoms with Gasteiger partial charge in [0.1, 0.15) is 0 Å². The van der Waals surface area contributed by atoms with Gasteiger partial charge in [0, 0.05) is 0 Å². The molecule has 0 fully saturated rings. The van der Waals surface area contributed by atoms with Gasteiger partial charge in [0.15, 0.2) is 0 Å². The molecule has 0 saturated heterocycles. The lowest BCUT2D eigenvalue weighted by molar-refractivity contribution is 0.141. The van der Waals surface area contributed by atoms with Gasteiger partial charge in [0.25, 0.3) is 0 Å². The highest BCUT2D eigenvalue weighted by molar-refractivity contribution is 6.32. The second kappa shape index (κ2) is 6.86. The van der Waals surface area contributed by atoms with Gasteiger partial charge in [-0.2, -0.15) is 0 Å². The standard InChI is InChI=1S/C2H7BO4.H3N/c4-1-2-7-3(5)6;/h4-6H,1-2H2;1H3. The van der Waals surface area contributed by atoms with E-state index in [-0.39, 0.29) is 19.4 Å². The predicted molar refractivity (Wildman–Crippen MR) is 28.3 cm³/mol. The highest BCUT2D eigenvalue weighted by Gasteiger charge is 2.05. The van der Waals surface area contributed by atoms with E-state index in [0.29, 0.717) is 0 Å². The molecule has 0 saturated carbocycles. The van der Waals surface area contributed by atoms with Crippen LogP contribution in [-0.4, -0.2) is 35.7 Å². The summed E-state index contributed by atoms with van der Waals surface area (Å²) in [7, 11) is -1.76. The minimum Gasteiger partial charge on any atom is -0.402 e. The van der Waals surface area contributed by atoms with Crippen LogP contribution in [0.15, 0.2) is 0 Å². The lowest BCUT2D eigenvalue weighted by atomic mass is 10.3. The number of rotatable bonds is 3. The monoisotopic (exact) mass is 123 g/mol. The Morgan fingerprint density at radius 2 is 1.88 bits per heavy atom. The summed E-state index contributed by atoms with van der Waals surface area (Å²) >= 11 is 0. The van der Waals surface area contributed by atoms with E-state index in [1.54, 1.807) is 0 Å². The summed E-state index contributed by atoms with van der Waals surface area (Å²) in [5.41, 5.74) is 0. The summed E-state index contributed by atoms with van der Waals surface area (Å²) in [6.45, 7) is -0.241. The Bertz CT molecular complexity index is 43.0. The van der Waals surface area contributed by atoms with Crippen molar-refractivity contribution in [1.82, 2.24) is 6.15 Å². The molecule has 0 rings (SSSR count). The zero-order valence-corrected chi connectivity index (χ0v) is 4.45. The molecule has 0 unspecified atom stereocenters. The van der Waals surface area contributed by atoms with Crippen LogP contribution >= 0.6 is 0 Å². The van der Waals surface area contributed by atoms with Crippen LogP contribution in [0.3, 0.4) is 0 Å². The van der Waals surface area contributed by atoms with Gasteiger partial charge in [0.2, 0.25) is 0 Å². The van der Waals surface area contributed by atoms with Gasteiger partial charge >= 0.3 is 7.32 Å². The fraction of sp³-hybridized carbons (Fsp3) is 1.00. The Morgan fingerprint density at radius 3 is 2.00 bits per heavy atom. The van der Waals surface area contributed by atoms with E-state index < -0.39 is 7.32 Å². The summed E-state index contributed by atoms with van der Waals surface area (Å²) in [5, 5.41) is 23.8. The normalized spacial score (nSPS) is 7.88. The van der Waals surface area contributed by atoms with Crippen LogP contribution in [0.2, 0.25) is 0 Å². The minimum atomic E-state index is -1.76. The minimum absolute atomic E-state index is 0. The van der Waals surface area contributed by atoms with Crippen molar-refractivity contribution in [2.45, 2.75) is 0 Å². The molecule has 6 heteroatoms. The largest absolute Gasteiger partial charge is 0.633 e. The van der Waals surface area contributed by atoms with Gasteiger partial charge in [-0.25, -0.2) is 0 Å². The van der Waals surface area contributed by atoms with Gasteiger partial charge < -0.3 is 26.0 Å². The van der Waals surface area contributed by atoms with Crippen molar-refractivity contribution in [3.05, 3.63) is 0 Å². The van der Waals surface area contributed by atoms with E-state index in [4.69, 9.17) is 15.2 Å². The maximum absolute atomic E-state index is 7.97. The molecule has 0 aliphatic carbocycles. The molecule has 0 amide bonds. The van der Waals surface area contributed by atoms with Gasteiger partial charge in [-0.3, -0.25) is 0 Å². The molecular weight excluding hydrogens is 113 g/mol. The van der Waals surface area contributed by atoms with Crippen LogP contribution in [0.5, 0.6) is 0 Å². The van der Waals surface area contributed by atoms with E-state index in [0.717, 1.165) is 0 Å². The predicted octanol–water partition coefficient (Wildman–Crippen LogP) is -1.87. The van der Waals surface area contributed by atoms with Crippen molar-refractivity contribution in [3.8, 4) is 0 Å². The first-order valence-electron chi connectivity index (χ1n) is 1.86. The highest BCUT2D eigenvalue weighted by atomic mass is 16.6. The van der Waals surface area contributed by atoms with Crippen LogP contribution in [0.4, 0.5) is 0 Å². The Hall–Kier alpha value is -0.135. The van der Waals surface area contributed by atoms with E-state index in [1.807, 2.05) is 0 Å². The highest BCUT2D eigenvalue weighted by Crippen LogP contribution is 1.70. The van der Waals surface area contributed by atoms with Gasteiger partial charge in [-0.1, -0.05) is 0 Å². The molecule has 0 aliphatic rings. The maximum Gasteiger partial charge on any atom is 0.633 e. The second-order valence-corrected chi connectivity index (χ2v) is 0.921. The quantitative estimate of drug-likeness (QED) is 0.329. The molecule has 5 nitrogen and oxygen atoms in total. The number of hydrogen-bond acceptors (Lipinski definition) is 5. The first-order chi connectivity index (χ1) is 3.27. The summed E-state index contributed by atoms with van der Waals surface area (Å²) in [4.78, 5) is 0. The van der Waals surface area contributed by atoms with Crippen molar-refractivity contribution >= 4 is 7.32 Å². The van der Waals surface area contributed by atoms with E-state index in [2.05, 4.69) is 4.65 Å². The van der Waals surface area contributed by atoms with E-state index >= 15 is 0 Å². The molecule has 8 heavy (non-hydrogen) atoms. The lowest BCUT2D eigenvalue weighted by Gasteiger charge is -1.95. The molecule has 0 atom stereocenters. The topological polar surface area (TPSA) is 105 Å². The van der Waals surface area contributed by atoms with Gasteiger partial charge in [-0.05, 0) is 0 Å². The fourth-order valence-corrected chi connectivity index (χ4v) is 0.158. The van der Waals surface area contributed by atoms with Crippen LogP contribution in [0.1, 0.15) is 0 Å². The van der Waals surface area contributed by atoms with Crippen LogP contribution in [0.25, 0.3) is 0 Å². The van der Waals surface area contributed by atoms with Gasteiger partial charge in [-0.15, -0.1) is 0 Å². The maximum atomic E-state index is 7.97. The first kappa shape index (κ1) is 10.8. The summed E-state index contributed by atoms with van der Waals surface area (Å²) in [6.07, 6.45) is 0. The summed E-state index contributed by atoms with van der Waals surface area (Å²) in [5.74, 6) is 0. The zero-order valence-electron chi connectivity index (χ0n) is 4.45. The molecule has 0 aromatic rings. The zero-order chi connectivity index (χ0) is 5.70. The average Bonchev–Trinajstić information content (AvgIpc) is 1.61. The molecular formula is C2H10BNO4.